The maximum atomic E-state index is 9.22. The standard InChI is InChI=1S/C20H18N4S/c1-20(2,13-21)11-12-25-19-23-15-8-4-3-7-14(15)18-22-16-9-5-6-10-17(16)24(18)19/h3-10H,11-12H2,1-2H3. The van der Waals surface area contributed by atoms with Crippen molar-refractivity contribution in [1.29, 1.82) is 5.26 Å². The molecule has 0 saturated heterocycles. The fourth-order valence-corrected chi connectivity index (χ4v) is 4.14. The highest BCUT2D eigenvalue weighted by molar-refractivity contribution is 7.99. The monoisotopic (exact) mass is 346 g/mol. The Morgan fingerprint density at radius 1 is 1.04 bits per heavy atom. The molecule has 0 aliphatic heterocycles. The third-order valence-electron chi connectivity index (χ3n) is 4.37. The van der Waals surface area contributed by atoms with Gasteiger partial charge < -0.3 is 0 Å². The molecule has 0 spiro atoms. The lowest BCUT2D eigenvalue weighted by Gasteiger charge is -2.14. The smallest absolute Gasteiger partial charge is 0.174 e. The van der Waals surface area contributed by atoms with Crippen LogP contribution in [-0.4, -0.2) is 20.1 Å². The molecule has 124 valence electrons. The van der Waals surface area contributed by atoms with Crippen LogP contribution in [0.25, 0.3) is 27.6 Å². The van der Waals surface area contributed by atoms with E-state index >= 15 is 0 Å². The van der Waals surface area contributed by atoms with Crippen molar-refractivity contribution in [1.82, 2.24) is 14.4 Å². The zero-order chi connectivity index (χ0) is 17.4. The molecule has 2 aromatic carbocycles. The van der Waals surface area contributed by atoms with Crippen molar-refractivity contribution < 1.29 is 0 Å². The van der Waals surface area contributed by atoms with Gasteiger partial charge in [0, 0.05) is 11.1 Å². The van der Waals surface area contributed by atoms with Crippen LogP contribution in [0.2, 0.25) is 0 Å². The summed E-state index contributed by atoms with van der Waals surface area (Å²) in [6, 6.07) is 18.6. The third kappa shape index (κ3) is 2.83. The summed E-state index contributed by atoms with van der Waals surface area (Å²) in [5.74, 6) is 0.841. The van der Waals surface area contributed by atoms with Crippen LogP contribution in [0, 0.1) is 16.7 Å². The van der Waals surface area contributed by atoms with Gasteiger partial charge in [-0.05, 0) is 44.5 Å². The van der Waals surface area contributed by atoms with Gasteiger partial charge >= 0.3 is 0 Å². The van der Waals surface area contributed by atoms with E-state index in [1.54, 1.807) is 11.8 Å². The van der Waals surface area contributed by atoms with Gasteiger partial charge in [0.25, 0.3) is 0 Å². The molecule has 5 heteroatoms. The van der Waals surface area contributed by atoms with E-state index in [9.17, 15) is 5.26 Å². The second kappa shape index (κ2) is 6.05. The van der Waals surface area contributed by atoms with Crippen LogP contribution < -0.4 is 0 Å². The lowest BCUT2D eigenvalue weighted by atomic mass is 9.93. The van der Waals surface area contributed by atoms with Crippen LogP contribution in [0.1, 0.15) is 20.3 Å². The number of hydrogen-bond donors (Lipinski definition) is 0. The number of hydrogen-bond acceptors (Lipinski definition) is 4. The highest BCUT2D eigenvalue weighted by Gasteiger charge is 2.18. The molecule has 0 saturated carbocycles. The summed E-state index contributed by atoms with van der Waals surface area (Å²) >= 11 is 1.69. The Bertz CT molecular complexity index is 1120. The fourth-order valence-electron chi connectivity index (χ4n) is 2.86. The Morgan fingerprint density at radius 2 is 1.76 bits per heavy atom. The molecule has 0 N–H and O–H groups in total. The molecule has 0 unspecified atom stereocenters. The molecule has 0 atom stereocenters. The minimum Gasteiger partial charge on any atom is -0.271 e. The molecule has 0 aliphatic carbocycles. The Morgan fingerprint density at radius 3 is 2.56 bits per heavy atom. The zero-order valence-corrected chi connectivity index (χ0v) is 15.0. The number of para-hydroxylation sites is 3. The fraction of sp³-hybridized carbons (Fsp3) is 0.250. The second-order valence-corrected chi connectivity index (χ2v) is 7.83. The maximum absolute atomic E-state index is 9.22. The molecule has 25 heavy (non-hydrogen) atoms. The first kappa shape index (κ1) is 15.9. The maximum Gasteiger partial charge on any atom is 0.174 e. The Labute approximate surface area is 150 Å². The number of thioether (sulfide) groups is 1. The predicted molar refractivity (Wildman–Crippen MR) is 103 cm³/mol. The average Bonchev–Trinajstić information content (AvgIpc) is 3.02. The van der Waals surface area contributed by atoms with E-state index in [0.29, 0.717) is 0 Å². The van der Waals surface area contributed by atoms with E-state index in [2.05, 4.69) is 22.6 Å². The quantitative estimate of drug-likeness (QED) is 0.382. The van der Waals surface area contributed by atoms with Crippen molar-refractivity contribution in [2.24, 2.45) is 5.41 Å². The second-order valence-electron chi connectivity index (χ2n) is 6.77. The van der Waals surface area contributed by atoms with Crippen LogP contribution in [0.3, 0.4) is 0 Å². The van der Waals surface area contributed by atoms with Crippen LogP contribution >= 0.6 is 11.8 Å². The number of nitrogens with zero attached hydrogens (tertiary/aromatic N) is 4. The zero-order valence-electron chi connectivity index (χ0n) is 14.2. The number of benzene rings is 2. The molecule has 0 amide bonds. The molecule has 4 rings (SSSR count). The number of fused-ring (bicyclic) bond motifs is 5. The minimum atomic E-state index is -0.319. The van der Waals surface area contributed by atoms with Crippen molar-refractivity contribution in [2.45, 2.75) is 25.4 Å². The molecule has 0 fully saturated rings. The molecule has 0 aliphatic rings. The van der Waals surface area contributed by atoms with Crippen molar-refractivity contribution in [3.63, 3.8) is 0 Å². The van der Waals surface area contributed by atoms with Gasteiger partial charge in [-0.25, -0.2) is 9.97 Å². The molecular formula is C20H18N4S. The summed E-state index contributed by atoms with van der Waals surface area (Å²) in [5.41, 5.74) is 3.61. The van der Waals surface area contributed by atoms with E-state index in [1.165, 1.54) is 0 Å². The molecule has 4 nitrogen and oxygen atoms in total. The van der Waals surface area contributed by atoms with E-state index in [1.807, 2.05) is 50.2 Å². The van der Waals surface area contributed by atoms with Crippen molar-refractivity contribution in [3.8, 4) is 6.07 Å². The van der Waals surface area contributed by atoms with Crippen LogP contribution in [0.15, 0.2) is 53.7 Å². The number of aromatic nitrogens is 3. The van der Waals surface area contributed by atoms with Crippen molar-refractivity contribution in [2.75, 3.05) is 5.75 Å². The van der Waals surface area contributed by atoms with Crippen molar-refractivity contribution >= 4 is 39.3 Å². The van der Waals surface area contributed by atoms with Gasteiger partial charge in [0.1, 0.15) is 5.65 Å². The topological polar surface area (TPSA) is 54.0 Å². The van der Waals surface area contributed by atoms with Gasteiger partial charge in [-0.15, -0.1) is 0 Å². The van der Waals surface area contributed by atoms with Crippen LogP contribution in [-0.2, 0) is 0 Å². The minimum absolute atomic E-state index is 0.319. The number of rotatable bonds is 4. The van der Waals surface area contributed by atoms with Gasteiger partial charge in [0.05, 0.1) is 28.0 Å². The Balaban J connectivity index is 1.88. The van der Waals surface area contributed by atoms with Gasteiger partial charge in [0.15, 0.2) is 5.16 Å². The summed E-state index contributed by atoms with van der Waals surface area (Å²) in [4.78, 5) is 9.71. The molecular weight excluding hydrogens is 328 g/mol. The van der Waals surface area contributed by atoms with Gasteiger partial charge in [0.2, 0.25) is 0 Å². The van der Waals surface area contributed by atoms with E-state index in [0.717, 1.165) is 44.9 Å². The SMILES string of the molecule is CC(C)(C#N)CCSc1nc2ccccc2c2nc3ccccc3n12. The summed E-state index contributed by atoms with van der Waals surface area (Å²) in [5, 5.41) is 11.2. The lowest BCUT2D eigenvalue weighted by Crippen LogP contribution is -2.09. The lowest BCUT2D eigenvalue weighted by molar-refractivity contribution is 0.482. The molecule has 0 radical (unpaired) electrons. The summed E-state index contributed by atoms with van der Waals surface area (Å²) < 4.78 is 2.14. The largest absolute Gasteiger partial charge is 0.271 e. The van der Waals surface area contributed by atoms with E-state index < -0.39 is 0 Å². The van der Waals surface area contributed by atoms with Gasteiger partial charge in [-0.2, -0.15) is 5.26 Å². The highest BCUT2D eigenvalue weighted by Crippen LogP contribution is 2.30. The number of nitriles is 1. The Hall–Kier alpha value is -2.58. The third-order valence-corrected chi connectivity index (χ3v) is 5.31. The molecule has 2 aromatic heterocycles. The average molecular weight is 346 g/mol. The first-order valence-corrected chi connectivity index (χ1v) is 9.28. The highest BCUT2D eigenvalue weighted by atomic mass is 32.2. The first-order valence-electron chi connectivity index (χ1n) is 8.29. The summed E-state index contributed by atoms with van der Waals surface area (Å²) in [6.45, 7) is 3.95. The van der Waals surface area contributed by atoms with Gasteiger partial charge in [-0.1, -0.05) is 36.0 Å². The van der Waals surface area contributed by atoms with Crippen molar-refractivity contribution in [3.05, 3.63) is 48.5 Å². The number of imidazole rings is 1. The predicted octanol–water partition coefficient (Wildman–Crippen LogP) is 5.07. The Kier molecular flexibility index (Phi) is 3.85. The molecule has 4 aromatic rings. The normalized spacial score (nSPS) is 12.0. The summed E-state index contributed by atoms with van der Waals surface area (Å²) in [6.07, 6.45) is 0.816. The molecule has 0 bridgehead atoms. The van der Waals surface area contributed by atoms with E-state index in [-0.39, 0.29) is 5.41 Å². The van der Waals surface area contributed by atoms with E-state index in [4.69, 9.17) is 9.97 Å². The molecule has 2 heterocycles. The summed E-state index contributed by atoms with van der Waals surface area (Å²) in [7, 11) is 0. The van der Waals surface area contributed by atoms with Gasteiger partial charge in [-0.3, -0.25) is 4.40 Å². The first-order chi connectivity index (χ1) is 12.1. The van der Waals surface area contributed by atoms with Crippen LogP contribution in [0.4, 0.5) is 0 Å². The van der Waals surface area contributed by atoms with Crippen LogP contribution in [0.5, 0.6) is 0 Å².